The molecule has 6 heteroatoms. The van der Waals surface area contributed by atoms with Crippen molar-refractivity contribution in [3.63, 3.8) is 0 Å². The zero-order chi connectivity index (χ0) is 18.6. The van der Waals surface area contributed by atoms with Crippen LogP contribution in [-0.2, 0) is 21.5 Å². The molecule has 138 valence electrons. The van der Waals surface area contributed by atoms with Gasteiger partial charge >= 0.3 is 0 Å². The fourth-order valence-corrected chi connectivity index (χ4v) is 3.67. The molecule has 0 aromatic heterocycles. The highest BCUT2D eigenvalue weighted by Crippen LogP contribution is 2.33. The Morgan fingerprint density at radius 3 is 2.58 bits per heavy atom. The number of amides is 1. The maximum atomic E-state index is 13.3. The Morgan fingerprint density at radius 2 is 1.88 bits per heavy atom. The van der Waals surface area contributed by atoms with Gasteiger partial charge in [0.2, 0.25) is 5.91 Å². The first-order valence-electron chi connectivity index (χ1n) is 8.57. The second kappa shape index (κ2) is 8.27. The first kappa shape index (κ1) is 19.0. The highest BCUT2D eigenvalue weighted by atomic mass is 79.9. The van der Waals surface area contributed by atoms with Crippen molar-refractivity contribution < 1.29 is 18.3 Å². The number of nitrogens with one attached hydrogen (secondary N) is 1. The van der Waals surface area contributed by atoms with Crippen LogP contribution in [-0.4, -0.2) is 19.1 Å². The molecule has 3 rings (SSSR count). The predicted octanol–water partition coefficient (Wildman–Crippen LogP) is 4.48. The van der Waals surface area contributed by atoms with Crippen molar-refractivity contribution in [1.82, 2.24) is 5.32 Å². The molecule has 1 N–H and O–H groups in total. The Bertz CT molecular complexity index is 791. The minimum absolute atomic E-state index is 0.114. The van der Waals surface area contributed by atoms with Crippen LogP contribution in [0.3, 0.4) is 0 Å². The lowest BCUT2D eigenvalue weighted by atomic mass is 9.82. The third kappa shape index (κ3) is 4.48. The summed E-state index contributed by atoms with van der Waals surface area (Å²) in [6.45, 7) is 1.16. The number of hydrogen-bond acceptors (Lipinski definition) is 2. The van der Waals surface area contributed by atoms with E-state index in [4.69, 9.17) is 4.74 Å². The second-order valence-electron chi connectivity index (χ2n) is 6.50. The molecule has 3 nitrogen and oxygen atoms in total. The van der Waals surface area contributed by atoms with Crippen molar-refractivity contribution in [2.45, 2.75) is 31.2 Å². The van der Waals surface area contributed by atoms with Crippen LogP contribution in [0.2, 0.25) is 0 Å². The minimum atomic E-state index is -0.891. The van der Waals surface area contributed by atoms with E-state index in [2.05, 4.69) is 21.2 Å². The summed E-state index contributed by atoms with van der Waals surface area (Å²) in [6.07, 6.45) is 1.95. The number of hydrogen-bond donors (Lipinski definition) is 1. The number of carbonyl (C=O) groups is 1. The third-order valence-corrected chi connectivity index (χ3v) is 5.22. The molecule has 26 heavy (non-hydrogen) atoms. The van der Waals surface area contributed by atoms with Crippen molar-refractivity contribution in [1.29, 1.82) is 0 Å². The third-order valence-electron chi connectivity index (χ3n) is 4.73. The van der Waals surface area contributed by atoms with Crippen LogP contribution in [0.25, 0.3) is 0 Å². The van der Waals surface area contributed by atoms with Gasteiger partial charge < -0.3 is 10.1 Å². The number of ether oxygens (including phenoxy) is 1. The molecule has 1 saturated heterocycles. The van der Waals surface area contributed by atoms with Crippen molar-refractivity contribution in [3.8, 4) is 0 Å². The fourth-order valence-electron chi connectivity index (χ4n) is 3.27. The van der Waals surface area contributed by atoms with Gasteiger partial charge in [-0.25, -0.2) is 8.78 Å². The van der Waals surface area contributed by atoms with Crippen molar-refractivity contribution in [2.24, 2.45) is 0 Å². The van der Waals surface area contributed by atoms with Gasteiger partial charge in [0.05, 0.1) is 5.54 Å². The van der Waals surface area contributed by atoms with Gasteiger partial charge in [0, 0.05) is 24.1 Å². The van der Waals surface area contributed by atoms with Gasteiger partial charge in [-0.1, -0.05) is 34.1 Å². The van der Waals surface area contributed by atoms with E-state index in [0.717, 1.165) is 22.2 Å². The summed E-state index contributed by atoms with van der Waals surface area (Å²) in [4.78, 5) is 12.6. The van der Waals surface area contributed by atoms with E-state index in [9.17, 15) is 13.6 Å². The Labute approximate surface area is 159 Å². The van der Waals surface area contributed by atoms with Gasteiger partial charge in [-0.15, -0.1) is 0 Å². The smallest absolute Gasteiger partial charge is 0.221 e. The summed E-state index contributed by atoms with van der Waals surface area (Å²) in [5, 5.41) is 3.16. The molecule has 0 atom stereocenters. The number of aryl methyl sites for hydroxylation is 1. The highest BCUT2D eigenvalue weighted by Gasteiger charge is 2.35. The molecule has 2 aromatic rings. The van der Waals surface area contributed by atoms with Crippen LogP contribution in [0.1, 0.15) is 30.4 Å². The molecule has 0 saturated carbocycles. The molecule has 0 bridgehead atoms. The average molecular weight is 424 g/mol. The van der Waals surface area contributed by atoms with Gasteiger partial charge in [-0.05, 0) is 54.7 Å². The van der Waals surface area contributed by atoms with E-state index in [1.807, 2.05) is 24.3 Å². The summed E-state index contributed by atoms with van der Waals surface area (Å²) in [7, 11) is 0. The standard InChI is InChI=1S/C20H20BrF2NO2/c21-16-3-1-2-15(13-16)20(8-10-26-11-9-20)24-19(25)7-5-14-4-6-17(22)18(23)12-14/h1-4,6,12-13H,5,7-11H2,(H,24,25). The minimum Gasteiger partial charge on any atom is -0.381 e. The Kier molecular flexibility index (Phi) is 6.04. The molecule has 1 aliphatic rings. The van der Waals surface area contributed by atoms with Crippen LogP contribution in [0.4, 0.5) is 8.78 Å². The lowest BCUT2D eigenvalue weighted by molar-refractivity contribution is -0.124. The quantitative estimate of drug-likeness (QED) is 0.769. The Morgan fingerprint density at radius 1 is 1.12 bits per heavy atom. The molecule has 1 amide bonds. The van der Waals surface area contributed by atoms with Gasteiger partial charge in [0.15, 0.2) is 11.6 Å². The first-order valence-corrected chi connectivity index (χ1v) is 9.37. The van der Waals surface area contributed by atoms with Crippen molar-refractivity contribution in [3.05, 3.63) is 69.7 Å². The molecule has 1 aliphatic heterocycles. The van der Waals surface area contributed by atoms with Crippen LogP contribution in [0.15, 0.2) is 46.9 Å². The Hall–Kier alpha value is -1.79. The molecular formula is C20H20BrF2NO2. The van der Waals surface area contributed by atoms with Crippen LogP contribution in [0, 0.1) is 11.6 Å². The molecule has 1 heterocycles. The van der Waals surface area contributed by atoms with E-state index in [0.29, 0.717) is 38.0 Å². The van der Waals surface area contributed by atoms with E-state index in [-0.39, 0.29) is 12.3 Å². The van der Waals surface area contributed by atoms with Gasteiger partial charge in [-0.2, -0.15) is 0 Å². The number of carbonyl (C=O) groups excluding carboxylic acids is 1. The summed E-state index contributed by atoms with van der Waals surface area (Å²) < 4.78 is 32.7. The van der Waals surface area contributed by atoms with Crippen LogP contribution in [0.5, 0.6) is 0 Å². The zero-order valence-corrected chi connectivity index (χ0v) is 15.8. The molecule has 1 fully saturated rings. The topological polar surface area (TPSA) is 38.3 Å². The lowest BCUT2D eigenvalue weighted by Crippen LogP contribution is -2.49. The number of rotatable bonds is 5. The summed E-state index contributed by atoms with van der Waals surface area (Å²) in [5.74, 6) is -1.89. The van der Waals surface area contributed by atoms with E-state index < -0.39 is 17.2 Å². The highest BCUT2D eigenvalue weighted by molar-refractivity contribution is 9.10. The largest absolute Gasteiger partial charge is 0.381 e. The number of benzene rings is 2. The maximum Gasteiger partial charge on any atom is 0.221 e. The molecule has 0 spiro atoms. The molecule has 0 unspecified atom stereocenters. The van der Waals surface area contributed by atoms with E-state index in [1.54, 1.807) is 0 Å². The lowest BCUT2D eigenvalue weighted by Gasteiger charge is -2.38. The molecular weight excluding hydrogens is 404 g/mol. The monoisotopic (exact) mass is 423 g/mol. The first-order chi connectivity index (χ1) is 12.5. The van der Waals surface area contributed by atoms with Gasteiger partial charge in [0.1, 0.15) is 0 Å². The van der Waals surface area contributed by atoms with E-state index in [1.165, 1.54) is 6.07 Å². The number of halogens is 3. The van der Waals surface area contributed by atoms with Crippen molar-refractivity contribution >= 4 is 21.8 Å². The molecule has 0 radical (unpaired) electrons. The predicted molar refractivity (Wildman–Crippen MR) is 98.7 cm³/mol. The van der Waals surface area contributed by atoms with Gasteiger partial charge in [0.25, 0.3) is 0 Å². The van der Waals surface area contributed by atoms with E-state index >= 15 is 0 Å². The average Bonchev–Trinajstić information content (AvgIpc) is 2.63. The summed E-state index contributed by atoms with van der Waals surface area (Å²) in [6, 6.07) is 11.6. The summed E-state index contributed by atoms with van der Waals surface area (Å²) >= 11 is 3.48. The Balaban J connectivity index is 1.70. The molecule has 0 aliphatic carbocycles. The SMILES string of the molecule is O=C(CCc1ccc(F)c(F)c1)NC1(c2cccc(Br)c2)CCOCC1. The normalized spacial score (nSPS) is 16.3. The van der Waals surface area contributed by atoms with Crippen LogP contribution < -0.4 is 5.32 Å². The fraction of sp³-hybridized carbons (Fsp3) is 0.350. The zero-order valence-electron chi connectivity index (χ0n) is 14.2. The van der Waals surface area contributed by atoms with Crippen molar-refractivity contribution in [2.75, 3.05) is 13.2 Å². The van der Waals surface area contributed by atoms with Gasteiger partial charge in [-0.3, -0.25) is 4.79 Å². The molecule has 2 aromatic carbocycles. The van der Waals surface area contributed by atoms with Crippen LogP contribution >= 0.6 is 15.9 Å². The maximum absolute atomic E-state index is 13.3. The summed E-state index contributed by atoms with van der Waals surface area (Å²) in [5.41, 5.74) is 1.17. The second-order valence-corrected chi connectivity index (χ2v) is 7.42.